The van der Waals surface area contributed by atoms with Gasteiger partial charge in [-0.3, -0.25) is 0 Å². The fraction of sp³-hybridized carbons (Fsp3) is 0. The summed E-state index contributed by atoms with van der Waals surface area (Å²) < 4.78 is 0. The standard InChI is InChI=1S/C9H9NO2/c10-8-4-1-7(2-5-8)3-6-9(11)12/h1-6H,10H2,(H,11,12). The van der Waals surface area contributed by atoms with E-state index in [0.29, 0.717) is 5.69 Å². The maximum atomic E-state index is 10.1. The molecule has 0 fully saturated rings. The van der Waals surface area contributed by atoms with Gasteiger partial charge in [-0.2, -0.15) is 0 Å². The molecule has 1 aromatic rings. The van der Waals surface area contributed by atoms with E-state index in [-0.39, 0.29) is 0 Å². The van der Waals surface area contributed by atoms with E-state index in [2.05, 4.69) is 0 Å². The first-order chi connectivity index (χ1) is 5.68. The Balaban J connectivity index is 2.77. The lowest BCUT2D eigenvalue weighted by Gasteiger charge is -1.92. The smallest absolute Gasteiger partial charge is 0.328 e. The van der Waals surface area contributed by atoms with Crippen LogP contribution in [0.25, 0.3) is 6.08 Å². The molecule has 1 rings (SSSR count). The number of nitrogens with two attached hydrogens (primary N) is 1. The highest BCUT2D eigenvalue weighted by atomic mass is 16.4. The summed E-state index contributed by atoms with van der Waals surface area (Å²) in [4.78, 5) is 10.1. The molecular weight excluding hydrogens is 154 g/mol. The molecule has 1 aromatic carbocycles. The van der Waals surface area contributed by atoms with E-state index >= 15 is 0 Å². The minimum Gasteiger partial charge on any atom is -0.478 e. The van der Waals surface area contributed by atoms with E-state index < -0.39 is 5.97 Å². The third kappa shape index (κ3) is 2.46. The molecule has 0 aliphatic rings. The van der Waals surface area contributed by atoms with Gasteiger partial charge in [-0.25, -0.2) is 4.79 Å². The Bertz CT molecular complexity index is 301. The Kier molecular flexibility index (Phi) is 2.48. The second-order valence-corrected chi connectivity index (χ2v) is 2.34. The molecule has 0 bridgehead atoms. The lowest BCUT2D eigenvalue weighted by Crippen LogP contribution is -1.86. The average molecular weight is 163 g/mol. The largest absolute Gasteiger partial charge is 0.478 e. The number of nitrogen functional groups attached to an aromatic ring is 1. The van der Waals surface area contributed by atoms with E-state index in [9.17, 15) is 4.79 Å². The number of hydrogen-bond acceptors (Lipinski definition) is 2. The summed E-state index contributed by atoms with van der Waals surface area (Å²) in [6.07, 6.45) is 2.60. The molecular formula is C9H9NO2. The van der Waals surface area contributed by atoms with Gasteiger partial charge in [-0.15, -0.1) is 0 Å². The molecule has 0 saturated carbocycles. The van der Waals surface area contributed by atoms with E-state index in [0.717, 1.165) is 11.6 Å². The van der Waals surface area contributed by atoms with E-state index in [1.54, 1.807) is 24.3 Å². The summed E-state index contributed by atoms with van der Waals surface area (Å²) in [5.74, 6) is -0.952. The Labute approximate surface area is 70.1 Å². The molecule has 0 spiro atoms. The van der Waals surface area contributed by atoms with Crippen LogP contribution in [-0.2, 0) is 4.79 Å². The van der Waals surface area contributed by atoms with Gasteiger partial charge in [0.05, 0.1) is 0 Å². The van der Waals surface area contributed by atoms with Crippen LogP contribution in [0.4, 0.5) is 5.69 Å². The van der Waals surface area contributed by atoms with E-state index in [1.807, 2.05) is 0 Å². The zero-order valence-electron chi connectivity index (χ0n) is 6.40. The maximum absolute atomic E-state index is 10.1. The Morgan fingerprint density at radius 1 is 1.33 bits per heavy atom. The van der Waals surface area contributed by atoms with E-state index in [1.165, 1.54) is 6.08 Å². The molecule has 62 valence electrons. The topological polar surface area (TPSA) is 63.3 Å². The highest BCUT2D eigenvalue weighted by Crippen LogP contribution is 2.06. The summed E-state index contributed by atoms with van der Waals surface area (Å²) in [5, 5.41) is 8.32. The summed E-state index contributed by atoms with van der Waals surface area (Å²) in [6.45, 7) is 0. The molecule has 12 heavy (non-hydrogen) atoms. The number of carbonyl (C=O) groups is 1. The number of aliphatic carboxylic acids is 1. The maximum Gasteiger partial charge on any atom is 0.328 e. The number of benzene rings is 1. The molecule has 0 atom stereocenters. The van der Waals surface area contributed by atoms with Gasteiger partial charge < -0.3 is 10.8 Å². The number of rotatable bonds is 2. The van der Waals surface area contributed by atoms with Crippen molar-refractivity contribution in [2.75, 3.05) is 5.73 Å². The predicted octanol–water partition coefficient (Wildman–Crippen LogP) is 1.37. The summed E-state index contributed by atoms with van der Waals surface area (Å²) in [7, 11) is 0. The van der Waals surface area contributed by atoms with Crippen molar-refractivity contribution in [2.24, 2.45) is 0 Å². The van der Waals surface area contributed by atoms with Gasteiger partial charge in [0.15, 0.2) is 0 Å². The van der Waals surface area contributed by atoms with Crippen molar-refractivity contribution < 1.29 is 9.90 Å². The normalized spacial score (nSPS) is 10.3. The van der Waals surface area contributed by atoms with Crippen molar-refractivity contribution in [2.45, 2.75) is 0 Å². The van der Waals surface area contributed by atoms with Gasteiger partial charge in [0.25, 0.3) is 0 Å². The highest BCUT2D eigenvalue weighted by Gasteiger charge is 1.88. The molecule has 0 aliphatic heterocycles. The van der Waals surface area contributed by atoms with Gasteiger partial charge in [0, 0.05) is 11.8 Å². The van der Waals surface area contributed by atoms with Gasteiger partial charge in [0.1, 0.15) is 0 Å². The molecule has 0 radical (unpaired) electrons. The fourth-order valence-corrected chi connectivity index (χ4v) is 0.775. The van der Waals surface area contributed by atoms with Crippen LogP contribution in [0.1, 0.15) is 5.56 Å². The van der Waals surface area contributed by atoms with Crippen molar-refractivity contribution in [1.29, 1.82) is 0 Å². The van der Waals surface area contributed by atoms with Crippen LogP contribution in [0.3, 0.4) is 0 Å². The summed E-state index contributed by atoms with van der Waals surface area (Å²) >= 11 is 0. The molecule has 0 amide bonds. The zero-order chi connectivity index (χ0) is 8.97. The molecule has 3 heteroatoms. The van der Waals surface area contributed by atoms with E-state index in [4.69, 9.17) is 10.8 Å². The predicted molar refractivity (Wildman–Crippen MR) is 47.5 cm³/mol. The van der Waals surface area contributed by atoms with Crippen LogP contribution < -0.4 is 5.73 Å². The molecule has 0 unspecified atom stereocenters. The number of carboxylic acid groups (broad SMARTS) is 1. The van der Waals surface area contributed by atoms with Crippen LogP contribution in [-0.4, -0.2) is 11.1 Å². The molecule has 0 heterocycles. The van der Waals surface area contributed by atoms with Gasteiger partial charge >= 0.3 is 5.97 Å². The number of carboxylic acids is 1. The van der Waals surface area contributed by atoms with Crippen molar-refractivity contribution in [3.05, 3.63) is 35.9 Å². The Morgan fingerprint density at radius 2 is 1.92 bits per heavy atom. The van der Waals surface area contributed by atoms with Gasteiger partial charge in [-0.05, 0) is 23.8 Å². The summed E-state index contributed by atoms with van der Waals surface area (Å²) in [5.41, 5.74) is 6.94. The molecule has 0 saturated heterocycles. The second-order valence-electron chi connectivity index (χ2n) is 2.34. The van der Waals surface area contributed by atoms with Crippen molar-refractivity contribution in [3.63, 3.8) is 0 Å². The lowest BCUT2D eigenvalue weighted by atomic mass is 10.2. The van der Waals surface area contributed by atoms with Crippen LogP contribution >= 0.6 is 0 Å². The Hall–Kier alpha value is -1.77. The van der Waals surface area contributed by atoms with Crippen LogP contribution in [0.15, 0.2) is 30.3 Å². The third-order valence-electron chi connectivity index (χ3n) is 1.35. The first-order valence-corrected chi connectivity index (χ1v) is 3.45. The zero-order valence-corrected chi connectivity index (χ0v) is 6.40. The molecule has 3 N–H and O–H groups in total. The first kappa shape index (κ1) is 8.33. The van der Waals surface area contributed by atoms with Crippen LogP contribution in [0.2, 0.25) is 0 Å². The fourth-order valence-electron chi connectivity index (χ4n) is 0.775. The Morgan fingerprint density at radius 3 is 2.42 bits per heavy atom. The minimum atomic E-state index is -0.952. The van der Waals surface area contributed by atoms with Crippen molar-refractivity contribution in [3.8, 4) is 0 Å². The van der Waals surface area contributed by atoms with Gasteiger partial charge in [0.2, 0.25) is 0 Å². The molecule has 0 aliphatic carbocycles. The quantitative estimate of drug-likeness (QED) is 0.511. The molecule has 3 nitrogen and oxygen atoms in total. The SMILES string of the molecule is Nc1ccc(C=CC(=O)O)cc1. The van der Waals surface area contributed by atoms with Crippen molar-refractivity contribution in [1.82, 2.24) is 0 Å². The second kappa shape index (κ2) is 3.57. The first-order valence-electron chi connectivity index (χ1n) is 3.45. The average Bonchev–Trinajstić information content (AvgIpc) is 2.03. The monoisotopic (exact) mass is 163 g/mol. The number of hydrogen-bond donors (Lipinski definition) is 2. The summed E-state index contributed by atoms with van der Waals surface area (Å²) in [6, 6.07) is 6.96. The molecule has 0 aromatic heterocycles. The van der Waals surface area contributed by atoms with Crippen LogP contribution in [0, 0.1) is 0 Å². The lowest BCUT2D eigenvalue weighted by molar-refractivity contribution is -0.131. The van der Waals surface area contributed by atoms with Gasteiger partial charge in [-0.1, -0.05) is 12.1 Å². The highest BCUT2D eigenvalue weighted by molar-refractivity contribution is 5.85. The third-order valence-corrected chi connectivity index (χ3v) is 1.35. The van der Waals surface area contributed by atoms with Crippen molar-refractivity contribution >= 4 is 17.7 Å². The number of anilines is 1. The van der Waals surface area contributed by atoms with Crippen LogP contribution in [0.5, 0.6) is 0 Å². The minimum absolute atomic E-state index is 0.669.